The van der Waals surface area contributed by atoms with Gasteiger partial charge >= 0.3 is 12.1 Å². The van der Waals surface area contributed by atoms with Crippen molar-refractivity contribution in [1.82, 2.24) is 4.90 Å². The van der Waals surface area contributed by atoms with Crippen LogP contribution in [0.5, 0.6) is 0 Å². The highest BCUT2D eigenvalue weighted by molar-refractivity contribution is 5.96. The van der Waals surface area contributed by atoms with Crippen molar-refractivity contribution < 1.29 is 14.3 Å². The number of ether oxygens (including phenoxy) is 1. The first kappa shape index (κ1) is 4.78. The topological polar surface area (TPSA) is 46.6 Å². The SMILES string of the molecule is O=C1OC(=O)N2CC[C@@H]12. The van der Waals surface area contributed by atoms with E-state index in [4.69, 9.17) is 0 Å². The molecule has 0 aromatic rings. The first-order chi connectivity index (χ1) is 4.29. The van der Waals surface area contributed by atoms with Crippen LogP contribution in [0.4, 0.5) is 4.79 Å². The number of hydrogen-bond donors (Lipinski definition) is 0. The van der Waals surface area contributed by atoms with Crippen LogP contribution in [-0.4, -0.2) is 29.5 Å². The van der Waals surface area contributed by atoms with E-state index in [1.165, 1.54) is 4.90 Å². The summed E-state index contributed by atoms with van der Waals surface area (Å²) in [5.41, 5.74) is 0. The monoisotopic (exact) mass is 127 g/mol. The van der Waals surface area contributed by atoms with Crippen molar-refractivity contribution in [3.05, 3.63) is 0 Å². The molecule has 0 aromatic carbocycles. The molecule has 0 saturated carbocycles. The molecule has 2 rings (SSSR count). The van der Waals surface area contributed by atoms with E-state index in [-0.39, 0.29) is 12.0 Å². The standard InChI is InChI=1S/C5H5NO3/c7-4-3-1-2-6(3)5(8)9-4/h3H,1-2H2/t3-/m0/s1. The number of fused-ring (bicyclic) bond motifs is 1. The molecule has 48 valence electrons. The predicted molar refractivity (Wildman–Crippen MR) is 26.6 cm³/mol. The Kier molecular flexibility index (Phi) is 0.670. The molecule has 1 amide bonds. The Balaban J connectivity index is 2.26. The highest BCUT2D eigenvalue weighted by atomic mass is 16.6. The second-order valence-electron chi connectivity index (χ2n) is 2.18. The van der Waals surface area contributed by atoms with Gasteiger partial charge in [-0.25, -0.2) is 9.59 Å². The van der Waals surface area contributed by atoms with Gasteiger partial charge in [0, 0.05) is 6.54 Å². The summed E-state index contributed by atoms with van der Waals surface area (Å²) in [5, 5.41) is 0. The third kappa shape index (κ3) is 0.426. The molecule has 2 fully saturated rings. The van der Waals surface area contributed by atoms with Crippen LogP contribution < -0.4 is 0 Å². The van der Waals surface area contributed by atoms with E-state index in [0.717, 1.165) is 6.42 Å². The van der Waals surface area contributed by atoms with Crippen LogP contribution in [0.1, 0.15) is 6.42 Å². The normalized spacial score (nSPS) is 31.6. The molecule has 0 N–H and O–H groups in total. The zero-order valence-electron chi connectivity index (χ0n) is 4.66. The molecule has 2 aliphatic rings. The fraction of sp³-hybridized carbons (Fsp3) is 0.600. The van der Waals surface area contributed by atoms with Gasteiger partial charge in [0.05, 0.1) is 0 Å². The van der Waals surface area contributed by atoms with Crippen LogP contribution in [0.3, 0.4) is 0 Å². The molecule has 0 bridgehead atoms. The van der Waals surface area contributed by atoms with Gasteiger partial charge in [-0.05, 0) is 6.42 Å². The maximum absolute atomic E-state index is 10.6. The zero-order valence-corrected chi connectivity index (χ0v) is 4.66. The Morgan fingerprint density at radius 1 is 1.56 bits per heavy atom. The van der Waals surface area contributed by atoms with Gasteiger partial charge in [-0.15, -0.1) is 0 Å². The molecule has 4 nitrogen and oxygen atoms in total. The number of hydrogen-bond acceptors (Lipinski definition) is 3. The fourth-order valence-corrected chi connectivity index (χ4v) is 1.06. The van der Waals surface area contributed by atoms with Gasteiger partial charge < -0.3 is 4.74 Å². The number of carbonyl (C=O) groups excluding carboxylic acids is 2. The summed E-state index contributed by atoms with van der Waals surface area (Å²) in [6.07, 6.45) is 0.293. The van der Waals surface area contributed by atoms with E-state index in [1.54, 1.807) is 0 Å². The molecular weight excluding hydrogens is 122 g/mol. The Morgan fingerprint density at radius 2 is 2.33 bits per heavy atom. The molecule has 2 aliphatic heterocycles. The van der Waals surface area contributed by atoms with Crippen LogP contribution in [0.2, 0.25) is 0 Å². The number of nitrogens with zero attached hydrogens (tertiary/aromatic N) is 1. The molecule has 0 spiro atoms. The maximum atomic E-state index is 10.6. The Bertz CT molecular complexity index is 169. The largest absolute Gasteiger partial charge is 0.418 e. The van der Waals surface area contributed by atoms with Gasteiger partial charge in [-0.1, -0.05) is 0 Å². The van der Waals surface area contributed by atoms with Gasteiger partial charge in [-0.3, -0.25) is 4.90 Å². The van der Waals surface area contributed by atoms with Gasteiger partial charge in [0.2, 0.25) is 0 Å². The van der Waals surface area contributed by atoms with Crippen LogP contribution in [0.25, 0.3) is 0 Å². The quantitative estimate of drug-likeness (QED) is 0.332. The summed E-state index contributed by atoms with van der Waals surface area (Å²) in [6, 6.07) is -0.238. The fourth-order valence-electron chi connectivity index (χ4n) is 1.06. The molecule has 0 unspecified atom stereocenters. The molecule has 4 heteroatoms. The average molecular weight is 127 g/mol. The minimum absolute atomic E-state index is 0.238. The van der Waals surface area contributed by atoms with Crippen molar-refractivity contribution >= 4 is 12.1 Å². The molecule has 9 heavy (non-hydrogen) atoms. The predicted octanol–water partition coefficient (Wildman–Crippen LogP) is -0.262. The second-order valence-corrected chi connectivity index (χ2v) is 2.18. The molecule has 2 heterocycles. The first-order valence-corrected chi connectivity index (χ1v) is 2.81. The van der Waals surface area contributed by atoms with Crippen molar-refractivity contribution in [3.63, 3.8) is 0 Å². The number of carbonyl (C=O) groups is 2. The lowest BCUT2D eigenvalue weighted by atomic mass is 10.1. The highest BCUT2D eigenvalue weighted by Gasteiger charge is 2.47. The van der Waals surface area contributed by atoms with Crippen LogP contribution in [0, 0.1) is 0 Å². The summed E-state index contributed by atoms with van der Waals surface area (Å²) in [4.78, 5) is 22.5. The van der Waals surface area contributed by atoms with Crippen LogP contribution in [0.15, 0.2) is 0 Å². The van der Waals surface area contributed by atoms with Crippen LogP contribution >= 0.6 is 0 Å². The molecule has 0 aliphatic carbocycles. The van der Waals surface area contributed by atoms with Crippen molar-refractivity contribution in [3.8, 4) is 0 Å². The van der Waals surface area contributed by atoms with Gasteiger partial charge in [-0.2, -0.15) is 0 Å². The molecule has 2 saturated heterocycles. The minimum Gasteiger partial charge on any atom is -0.375 e. The summed E-state index contributed by atoms with van der Waals surface area (Å²) >= 11 is 0. The Morgan fingerprint density at radius 3 is 2.56 bits per heavy atom. The Hall–Kier alpha value is -1.06. The molecule has 1 atom stereocenters. The Labute approximate surface area is 51.4 Å². The number of cyclic esters (lactones) is 2. The lowest BCUT2D eigenvalue weighted by Gasteiger charge is -2.28. The second kappa shape index (κ2) is 1.26. The van der Waals surface area contributed by atoms with Gasteiger partial charge in [0.15, 0.2) is 0 Å². The number of amides is 1. The summed E-state index contributed by atoms with van der Waals surface area (Å²) in [6.45, 7) is 0.676. The van der Waals surface area contributed by atoms with Crippen molar-refractivity contribution in [2.24, 2.45) is 0 Å². The zero-order chi connectivity index (χ0) is 6.43. The smallest absolute Gasteiger partial charge is 0.375 e. The van der Waals surface area contributed by atoms with Gasteiger partial charge in [0.1, 0.15) is 6.04 Å². The van der Waals surface area contributed by atoms with E-state index in [9.17, 15) is 9.59 Å². The first-order valence-electron chi connectivity index (χ1n) is 2.81. The van der Waals surface area contributed by atoms with Crippen LogP contribution in [-0.2, 0) is 9.53 Å². The van der Waals surface area contributed by atoms with Crippen molar-refractivity contribution in [2.75, 3.05) is 6.54 Å². The summed E-state index contributed by atoms with van der Waals surface area (Å²) in [5.74, 6) is -0.383. The van der Waals surface area contributed by atoms with Crippen molar-refractivity contribution in [1.29, 1.82) is 0 Å². The van der Waals surface area contributed by atoms with Crippen molar-refractivity contribution in [2.45, 2.75) is 12.5 Å². The molecule has 0 aromatic heterocycles. The number of rotatable bonds is 0. The lowest BCUT2D eigenvalue weighted by molar-refractivity contribution is -0.137. The van der Waals surface area contributed by atoms with E-state index >= 15 is 0 Å². The van der Waals surface area contributed by atoms with E-state index < -0.39 is 6.09 Å². The van der Waals surface area contributed by atoms with E-state index in [0.29, 0.717) is 6.54 Å². The lowest BCUT2D eigenvalue weighted by Crippen LogP contribution is -2.47. The van der Waals surface area contributed by atoms with Gasteiger partial charge in [0.25, 0.3) is 0 Å². The maximum Gasteiger partial charge on any atom is 0.418 e. The highest BCUT2D eigenvalue weighted by Crippen LogP contribution is 2.25. The molecule has 0 radical (unpaired) electrons. The number of esters is 1. The molecular formula is C5H5NO3. The summed E-state index contributed by atoms with van der Waals surface area (Å²) in [7, 11) is 0. The summed E-state index contributed by atoms with van der Waals surface area (Å²) < 4.78 is 4.30. The van der Waals surface area contributed by atoms with E-state index in [1.807, 2.05) is 0 Å². The third-order valence-corrected chi connectivity index (χ3v) is 1.71. The minimum atomic E-state index is -0.476. The van der Waals surface area contributed by atoms with E-state index in [2.05, 4.69) is 4.74 Å². The average Bonchev–Trinajstić information content (AvgIpc) is 1.73. The third-order valence-electron chi connectivity index (χ3n) is 1.71.